The SMILES string of the molecule is O=[N+]([O-])c1ccc(-c2noc(CNC3CCCCC3)n2)o1. The first-order chi connectivity index (χ1) is 10.2. The van der Waals surface area contributed by atoms with Gasteiger partial charge in [-0.3, -0.25) is 10.1 Å². The van der Waals surface area contributed by atoms with Crippen molar-refractivity contribution in [2.75, 3.05) is 0 Å². The summed E-state index contributed by atoms with van der Waals surface area (Å²) in [6.07, 6.45) is 6.16. The van der Waals surface area contributed by atoms with Gasteiger partial charge in [-0.05, 0) is 18.9 Å². The van der Waals surface area contributed by atoms with E-state index in [2.05, 4.69) is 15.5 Å². The molecule has 1 aliphatic carbocycles. The minimum Gasteiger partial charge on any atom is -0.397 e. The number of nitro groups is 1. The fourth-order valence-electron chi connectivity index (χ4n) is 2.51. The summed E-state index contributed by atoms with van der Waals surface area (Å²) in [5.74, 6) is 0.573. The smallest absolute Gasteiger partial charge is 0.397 e. The Balaban J connectivity index is 1.61. The van der Waals surface area contributed by atoms with Crippen molar-refractivity contribution in [1.82, 2.24) is 15.5 Å². The van der Waals surface area contributed by atoms with Gasteiger partial charge in [-0.15, -0.1) is 0 Å². The van der Waals surface area contributed by atoms with Gasteiger partial charge in [0.1, 0.15) is 4.92 Å². The number of aromatic nitrogens is 2. The molecule has 1 aliphatic rings. The average molecular weight is 292 g/mol. The zero-order valence-electron chi connectivity index (χ0n) is 11.4. The highest BCUT2D eigenvalue weighted by Crippen LogP contribution is 2.24. The molecule has 0 amide bonds. The van der Waals surface area contributed by atoms with E-state index in [1.54, 1.807) is 0 Å². The van der Waals surface area contributed by atoms with Gasteiger partial charge in [-0.2, -0.15) is 4.98 Å². The van der Waals surface area contributed by atoms with E-state index in [-0.39, 0.29) is 17.5 Å². The maximum Gasteiger partial charge on any atom is 0.433 e. The maximum atomic E-state index is 10.6. The van der Waals surface area contributed by atoms with Crippen molar-refractivity contribution in [2.45, 2.75) is 44.7 Å². The van der Waals surface area contributed by atoms with Crippen LogP contribution in [0.5, 0.6) is 0 Å². The van der Waals surface area contributed by atoms with Gasteiger partial charge in [0.2, 0.25) is 11.7 Å². The van der Waals surface area contributed by atoms with Gasteiger partial charge in [0.05, 0.1) is 12.6 Å². The molecule has 0 atom stereocenters. The number of hydrogen-bond donors (Lipinski definition) is 1. The van der Waals surface area contributed by atoms with E-state index in [1.165, 1.54) is 44.2 Å². The van der Waals surface area contributed by atoms with Crippen molar-refractivity contribution in [1.29, 1.82) is 0 Å². The molecule has 0 radical (unpaired) electrons. The van der Waals surface area contributed by atoms with Crippen LogP contribution < -0.4 is 5.32 Å². The number of nitrogens with one attached hydrogen (secondary N) is 1. The molecule has 21 heavy (non-hydrogen) atoms. The van der Waals surface area contributed by atoms with E-state index in [1.807, 2.05) is 0 Å². The molecule has 1 fully saturated rings. The lowest BCUT2D eigenvalue weighted by Crippen LogP contribution is -2.30. The highest BCUT2D eigenvalue weighted by atomic mass is 16.6. The van der Waals surface area contributed by atoms with Crippen LogP contribution in [0.15, 0.2) is 21.1 Å². The monoisotopic (exact) mass is 292 g/mol. The Kier molecular flexibility index (Phi) is 3.96. The predicted molar refractivity (Wildman–Crippen MR) is 72.4 cm³/mol. The summed E-state index contributed by atoms with van der Waals surface area (Å²) in [5.41, 5.74) is 0. The molecule has 8 heteroatoms. The van der Waals surface area contributed by atoms with E-state index >= 15 is 0 Å². The molecule has 0 aliphatic heterocycles. The van der Waals surface area contributed by atoms with Gasteiger partial charge < -0.3 is 14.3 Å². The van der Waals surface area contributed by atoms with Crippen LogP contribution in [0.2, 0.25) is 0 Å². The summed E-state index contributed by atoms with van der Waals surface area (Å²) in [5, 5.41) is 17.7. The summed E-state index contributed by atoms with van der Waals surface area (Å²) < 4.78 is 10.2. The Hall–Kier alpha value is -2.22. The second-order valence-electron chi connectivity index (χ2n) is 5.12. The molecule has 1 N–H and O–H groups in total. The highest BCUT2D eigenvalue weighted by Gasteiger charge is 2.18. The Bertz CT molecular complexity index is 615. The van der Waals surface area contributed by atoms with E-state index in [0.717, 1.165) is 0 Å². The molecule has 0 spiro atoms. The van der Waals surface area contributed by atoms with Gasteiger partial charge in [0.25, 0.3) is 0 Å². The van der Waals surface area contributed by atoms with Crippen molar-refractivity contribution >= 4 is 5.88 Å². The third-order valence-corrected chi connectivity index (χ3v) is 3.61. The van der Waals surface area contributed by atoms with Crippen molar-refractivity contribution in [3.8, 4) is 11.6 Å². The summed E-state index contributed by atoms with van der Waals surface area (Å²) in [7, 11) is 0. The van der Waals surface area contributed by atoms with Crippen LogP contribution in [0.1, 0.15) is 38.0 Å². The van der Waals surface area contributed by atoms with E-state index in [9.17, 15) is 10.1 Å². The first-order valence-corrected chi connectivity index (χ1v) is 7.03. The lowest BCUT2D eigenvalue weighted by molar-refractivity contribution is -0.401. The molecule has 112 valence electrons. The summed E-state index contributed by atoms with van der Waals surface area (Å²) in [6.45, 7) is 0.500. The largest absolute Gasteiger partial charge is 0.433 e. The zero-order valence-corrected chi connectivity index (χ0v) is 11.4. The van der Waals surface area contributed by atoms with Crippen molar-refractivity contribution in [3.05, 3.63) is 28.1 Å². The van der Waals surface area contributed by atoms with Gasteiger partial charge in [-0.25, -0.2) is 0 Å². The quantitative estimate of drug-likeness (QED) is 0.666. The molecule has 0 saturated heterocycles. The number of hydrogen-bond acceptors (Lipinski definition) is 7. The molecule has 1 saturated carbocycles. The van der Waals surface area contributed by atoms with Gasteiger partial charge in [0, 0.05) is 6.04 Å². The standard InChI is InChI=1S/C13H16N4O4/c18-17(19)12-7-6-10(20-12)13-15-11(21-16-13)8-14-9-4-2-1-3-5-9/h6-7,9,14H,1-5,8H2. The summed E-state index contributed by atoms with van der Waals surface area (Å²) >= 11 is 0. The third kappa shape index (κ3) is 3.27. The number of rotatable bonds is 5. The van der Waals surface area contributed by atoms with Crippen LogP contribution in [0, 0.1) is 10.1 Å². The first kappa shape index (κ1) is 13.7. The second-order valence-corrected chi connectivity index (χ2v) is 5.12. The molecule has 2 aromatic rings. The van der Waals surface area contributed by atoms with Crippen molar-refractivity contribution < 1.29 is 13.9 Å². The van der Waals surface area contributed by atoms with Crippen LogP contribution >= 0.6 is 0 Å². The highest BCUT2D eigenvalue weighted by molar-refractivity contribution is 5.47. The Morgan fingerprint density at radius 1 is 1.33 bits per heavy atom. The van der Waals surface area contributed by atoms with Crippen molar-refractivity contribution in [2.24, 2.45) is 0 Å². The van der Waals surface area contributed by atoms with E-state index in [4.69, 9.17) is 8.94 Å². The Morgan fingerprint density at radius 2 is 2.14 bits per heavy atom. The fraction of sp³-hybridized carbons (Fsp3) is 0.538. The molecular weight excluding hydrogens is 276 g/mol. The van der Waals surface area contributed by atoms with Gasteiger partial charge in [0.15, 0.2) is 5.76 Å². The molecular formula is C13H16N4O4. The Labute approximate surface area is 120 Å². The van der Waals surface area contributed by atoms with Crippen LogP contribution in [-0.4, -0.2) is 21.1 Å². The van der Waals surface area contributed by atoms with E-state index in [0.29, 0.717) is 18.5 Å². The zero-order chi connectivity index (χ0) is 14.7. The first-order valence-electron chi connectivity index (χ1n) is 7.03. The number of furan rings is 1. The summed E-state index contributed by atoms with van der Waals surface area (Å²) in [4.78, 5) is 14.1. The number of nitrogens with zero attached hydrogens (tertiary/aromatic N) is 3. The Morgan fingerprint density at radius 3 is 2.86 bits per heavy atom. The van der Waals surface area contributed by atoms with Gasteiger partial charge >= 0.3 is 5.88 Å². The molecule has 3 rings (SSSR count). The van der Waals surface area contributed by atoms with Crippen molar-refractivity contribution in [3.63, 3.8) is 0 Å². The fourth-order valence-corrected chi connectivity index (χ4v) is 2.51. The molecule has 0 bridgehead atoms. The lowest BCUT2D eigenvalue weighted by Gasteiger charge is -2.21. The van der Waals surface area contributed by atoms with Crippen LogP contribution in [0.25, 0.3) is 11.6 Å². The topological polar surface area (TPSA) is 107 Å². The third-order valence-electron chi connectivity index (χ3n) is 3.61. The van der Waals surface area contributed by atoms with Gasteiger partial charge in [-0.1, -0.05) is 24.4 Å². The predicted octanol–water partition coefficient (Wildman–Crippen LogP) is 2.66. The van der Waals surface area contributed by atoms with Crippen LogP contribution in [-0.2, 0) is 6.54 Å². The molecule has 8 nitrogen and oxygen atoms in total. The minimum absolute atomic E-state index is 0.226. The molecule has 2 heterocycles. The maximum absolute atomic E-state index is 10.6. The minimum atomic E-state index is -0.602. The molecule has 2 aromatic heterocycles. The average Bonchev–Trinajstić information content (AvgIpc) is 3.15. The van der Waals surface area contributed by atoms with E-state index < -0.39 is 4.92 Å². The second kappa shape index (κ2) is 6.04. The lowest BCUT2D eigenvalue weighted by atomic mass is 9.95. The van der Waals surface area contributed by atoms with Crippen LogP contribution in [0.3, 0.4) is 0 Å². The normalized spacial score (nSPS) is 16.2. The molecule has 0 unspecified atom stereocenters. The molecule has 0 aromatic carbocycles. The van der Waals surface area contributed by atoms with Crippen LogP contribution in [0.4, 0.5) is 5.88 Å². The summed E-state index contributed by atoms with van der Waals surface area (Å²) in [6, 6.07) is 3.23.